The van der Waals surface area contributed by atoms with Gasteiger partial charge in [-0.05, 0) is 52.9 Å². The van der Waals surface area contributed by atoms with E-state index in [4.69, 9.17) is 0 Å². The van der Waals surface area contributed by atoms with Gasteiger partial charge in [0.2, 0.25) is 0 Å². The molecule has 2 aromatic carbocycles. The van der Waals surface area contributed by atoms with Crippen LogP contribution >= 0.6 is 15.9 Å². The van der Waals surface area contributed by atoms with E-state index < -0.39 is 0 Å². The summed E-state index contributed by atoms with van der Waals surface area (Å²) in [6.07, 6.45) is 1.93. The van der Waals surface area contributed by atoms with Crippen LogP contribution in [-0.2, 0) is 0 Å². The van der Waals surface area contributed by atoms with Gasteiger partial charge >= 0.3 is 0 Å². The van der Waals surface area contributed by atoms with Crippen LogP contribution in [0, 0.1) is 13.8 Å². The normalized spacial score (nSPS) is 11.2. The topological polar surface area (TPSA) is 46.4 Å². The Hall–Kier alpha value is -2.66. The molecule has 0 bridgehead atoms. The smallest absolute Gasteiger partial charge is 0.274 e. The van der Waals surface area contributed by atoms with E-state index in [0.29, 0.717) is 11.4 Å². The van der Waals surface area contributed by atoms with Crippen LogP contribution in [0.15, 0.2) is 59.2 Å². The van der Waals surface area contributed by atoms with Crippen LogP contribution in [-0.4, -0.2) is 15.3 Å². The Balaban J connectivity index is 1.82. The summed E-state index contributed by atoms with van der Waals surface area (Å²) in [5.74, 6) is -0.168. The van der Waals surface area contributed by atoms with Crippen molar-refractivity contribution in [2.24, 2.45) is 0 Å². The number of aromatic nitrogens is 2. The number of nitrogens with one attached hydrogen (secondary N) is 1. The van der Waals surface area contributed by atoms with E-state index in [1.54, 1.807) is 0 Å². The molecule has 25 heavy (non-hydrogen) atoms. The van der Waals surface area contributed by atoms with Crippen molar-refractivity contribution < 1.29 is 4.79 Å². The molecule has 0 radical (unpaired) electrons. The quantitative estimate of drug-likeness (QED) is 0.513. The van der Waals surface area contributed by atoms with E-state index in [1.807, 2.05) is 73.0 Å². The van der Waals surface area contributed by atoms with Crippen molar-refractivity contribution in [3.63, 3.8) is 0 Å². The van der Waals surface area contributed by atoms with Gasteiger partial charge in [-0.15, -0.1) is 0 Å². The molecule has 0 saturated heterocycles. The first-order valence-corrected chi connectivity index (χ1v) is 8.78. The molecule has 4 rings (SSSR count). The maximum atomic E-state index is 13.0. The maximum Gasteiger partial charge on any atom is 0.274 e. The van der Waals surface area contributed by atoms with Crippen molar-refractivity contribution in [2.45, 2.75) is 13.8 Å². The zero-order chi connectivity index (χ0) is 17.6. The predicted molar refractivity (Wildman–Crippen MR) is 104 cm³/mol. The average Bonchev–Trinajstić information content (AvgIpc) is 2.91. The molecule has 0 saturated carbocycles. The minimum absolute atomic E-state index is 0.168. The Kier molecular flexibility index (Phi) is 3.81. The second-order valence-corrected chi connectivity index (χ2v) is 6.94. The number of aryl methyl sites for hydroxylation is 2. The lowest BCUT2D eigenvalue weighted by Gasteiger charge is -2.10. The largest absolute Gasteiger partial charge is 0.320 e. The van der Waals surface area contributed by atoms with Crippen molar-refractivity contribution in [2.75, 3.05) is 5.32 Å². The fourth-order valence-electron chi connectivity index (χ4n) is 3.14. The third-order valence-electron chi connectivity index (χ3n) is 4.24. The van der Waals surface area contributed by atoms with Crippen LogP contribution in [0.4, 0.5) is 5.69 Å². The zero-order valence-corrected chi connectivity index (χ0v) is 15.5. The number of nitrogens with zero attached hydrogens (tertiary/aromatic N) is 2. The molecule has 0 fully saturated rings. The molecule has 124 valence electrons. The van der Waals surface area contributed by atoms with Crippen LogP contribution < -0.4 is 5.32 Å². The molecule has 0 aliphatic rings. The highest BCUT2D eigenvalue weighted by Gasteiger charge is 2.19. The molecule has 0 spiro atoms. The average molecular weight is 394 g/mol. The lowest BCUT2D eigenvalue weighted by Crippen LogP contribution is -2.16. The Bertz CT molecular complexity index is 1130. The highest BCUT2D eigenvalue weighted by molar-refractivity contribution is 9.10. The van der Waals surface area contributed by atoms with Gasteiger partial charge in [-0.1, -0.05) is 36.4 Å². The van der Waals surface area contributed by atoms with Crippen LogP contribution in [0.5, 0.6) is 0 Å². The first-order valence-electron chi connectivity index (χ1n) is 7.98. The number of rotatable bonds is 2. The molecular weight excluding hydrogens is 378 g/mol. The molecule has 0 aliphatic carbocycles. The first kappa shape index (κ1) is 15.8. The third kappa shape index (κ3) is 2.70. The van der Waals surface area contributed by atoms with Crippen molar-refractivity contribution >= 4 is 43.9 Å². The summed E-state index contributed by atoms with van der Waals surface area (Å²) in [5.41, 5.74) is 3.84. The van der Waals surface area contributed by atoms with Gasteiger partial charge < -0.3 is 5.32 Å². The Morgan fingerprint density at radius 3 is 2.72 bits per heavy atom. The van der Waals surface area contributed by atoms with Gasteiger partial charge in [0.05, 0.1) is 10.2 Å². The van der Waals surface area contributed by atoms with Gasteiger partial charge in [-0.2, -0.15) is 0 Å². The number of fused-ring (bicyclic) bond motifs is 2. The Labute approximate surface area is 153 Å². The standard InChI is InChI=1S/C20H16BrN3O/c1-12-10-16(21)19-22-13(2)18(24(19)11-12)20(25)23-17-9-5-7-14-6-3-4-8-15(14)17/h3-11H,1-2H3,(H,23,25). The lowest BCUT2D eigenvalue weighted by atomic mass is 10.1. The van der Waals surface area contributed by atoms with Crippen LogP contribution in [0.1, 0.15) is 21.7 Å². The second kappa shape index (κ2) is 6.01. The molecule has 0 atom stereocenters. The molecule has 4 aromatic rings. The van der Waals surface area contributed by atoms with Gasteiger partial charge in [-0.3, -0.25) is 9.20 Å². The zero-order valence-electron chi connectivity index (χ0n) is 13.9. The van der Waals surface area contributed by atoms with E-state index in [1.165, 1.54) is 0 Å². The number of hydrogen-bond donors (Lipinski definition) is 1. The number of amides is 1. The summed E-state index contributed by atoms with van der Waals surface area (Å²) in [7, 11) is 0. The molecule has 4 nitrogen and oxygen atoms in total. The summed E-state index contributed by atoms with van der Waals surface area (Å²) < 4.78 is 2.72. The Morgan fingerprint density at radius 1 is 1.12 bits per heavy atom. The fraction of sp³-hybridized carbons (Fsp3) is 0.100. The predicted octanol–water partition coefficient (Wildman–Crippen LogP) is 5.12. The highest BCUT2D eigenvalue weighted by Crippen LogP contribution is 2.26. The molecule has 2 aromatic heterocycles. The van der Waals surface area contributed by atoms with Gasteiger partial charge in [0.1, 0.15) is 5.69 Å². The highest BCUT2D eigenvalue weighted by atomic mass is 79.9. The Morgan fingerprint density at radius 2 is 1.88 bits per heavy atom. The van der Waals surface area contributed by atoms with E-state index >= 15 is 0 Å². The van der Waals surface area contributed by atoms with Crippen molar-refractivity contribution in [1.29, 1.82) is 0 Å². The number of halogens is 1. The summed E-state index contributed by atoms with van der Waals surface area (Å²) in [6, 6.07) is 15.9. The summed E-state index contributed by atoms with van der Waals surface area (Å²) in [5, 5.41) is 5.15. The number of hydrogen-bond acceptors (Lipinski definition) is 2. The van der Waals surface area contributed by atoms with Crippen molar-refractivity contribution in [3.05, 3.63) is 76.2 Å². The number of anilines is 1. The summed E-state index contributed by atoms with van der Waals surface area (Å²) >= 11 is 3.53. The molecule has 1 amide bonds. The first-order chi connectivity index (χ1) is 12.0. The minimum Gasteiger partial charge on any atom is -0.320 e. The van der Waals surface area contributed by atoms with Gasteiger partial charge in [-0.25, -0.2) is 4.98 Å². The number of pyridine rings is 1. The van der Waals surface area contributed by atoms with E-state index in [0.717, 1.165) is 32.1 Å². The van der Waals surface area contributed by atoms with Gasteiger partial charge in [0.15, 0.2) is 5.65 Å². The van der Waals surface area contributed by atoms with Gasteiger partial charge in [0.25, 0.3) is 5.91 Å². The van der Waals surface area contributed by atoms with Crippen molar-refractivity contribution in [3.8, 4) is 0 Å². The van der Waals surface area contributed by atoms with Crippen molar-refractivity contribution in [1.82, 2.24) is 9.38 Å². The monoisotopic (exact) mass is 393 g/mol. The molecule has 0 unspecified atom stereocenters. The SMILES string of the molecule is Cc1cc(Br)c2nc(C)c(C(=O)Nc3cccc4ccccc34)n2c1. The van der Waals surface area contributed by atoms with Crippen LogP contribution in [0.3, 0.4) is 0 Å². The van der Waals surface area contributed by atoms with E-state index in [9.17, 15) is 4.79 Å². The van der Waals surface area contributed by atoms with Gasteiger partial charge in [0, 0.05) is 17.3 Å². The van der Waals surface area contributed by atoms with Crippen LogP contribution in [0.2, 0.25) is 0 Å². The number of benzene rings is 2. The molecule has 1 N–H and O–H groups in total. The van der Waals surface area contributed by atoms with E-state index in [-0.39, 0.29) is 5.91 Å². The second-order valence-electron chi connectivity index (χ2n) is 6.09. The minimum atomic E-state index is -0.168. The lowest BCUT2D eigenvalue weighted by molar-refractivity contribution is 0.102. The maximum absolute atomic E-state index is 13.0. The number of carbonyl (C=O) groups excluding carboxylic acids is 1. The fourth-order valence-corrected chi connectivity index (χ4v) is 3.78. The van der Waals surface area contributed by atoms with Crippen LogP contribution in [0.25, 0.3) is 16.4 Å². The summed E-state index contributed by atoms with van der Waals surface area (Å²) in [4.78, 5) is 17.5. The summed E-state index contributed by atoms with van der Waals surface area (Å²) in [6.45, 7) is 3.85. The molecular formula is C20H16BrN3O. The number of imidazole rings is 1. The third-order valence-corrected chi connectivity index (χ3v) is 4.82. The molecule has 5 heteroatoms. The molecule has 2 heterocycles. The molecule has 0 aliphatic heterocycles. The number of carbonyl (C=O) groups is 1. The van der Waals surface area contributed by atoms with E-state index in [2.05, 4.69) is 26.2 Å².